The molecule has 0 radical (unpaired) electrons. The van der Waals surface area contributed by atoms with Gasteiger partial charge < -0.3 is 5.32 Å². The van der Waals surface area contributed by atoms with Crippen LogP contribution in [0.5, 0.6) is 0 Å². The van der Waals surface area contributed by atoms with Gasteiger partial charge in [-0.05, 0) is 25.2 Å². The number of carbonyl (C=O) groups is 1. The van der Waals surface area contributed by atoms with E-state index < -0.39 is 0 Å². The van der Waals surface area contributed by atoms with Gasteiger partial charge in [0.05, 0.1) is 0 Å². The van der Waals surface area contributed by atoms with Crippen molar-refractivity contribution in [2.45, 2.75) is 88.8 Å². The Morgan fingerprint density at radius 3 is 2.40 bits per heavy atom. The maximum Gasteiger partial charge on any atom is 0.220 e. The van der Waals surface area contributed by atoms with Gasteiger partial charge in [0.1, 0.15) is 0 Å². The summed E-state index contributed by atoms with van der Waals surface area (Å²) in [5.41, 5.74) is 0. The molecule has 2 atom stereocenters. The van der Waals surface area contributed by atoms with Crippen molar-refractivity contribution in [3.63, 3.8) is 0 Å². The van der Waals surface area contributed by atoms with Gasteiger partial charge in [0.2, 0.25) is 5.91 Å². The van der Waals surface area contributed by atoms with Gasteiger partial charge in [-0.15, -0.1) is 0 Å². The number of rotatable bonds is 10. The average molecular weight is 346 g/mol. The standard InChI is InChI=1S/C17H32BrNO/c1-2-3-4-5-6-7-8-13-17(20)19-14-15-11-9-10-12-16(15)18/h15-16H,2-14H2,1H3,(H,19,20). The number of hydrogen-bond acceptors (Lipinski definition) is 1. The monoisotopic (exact) mass is 345 g/mol. The second kappa shape index (κ2) is 11.6. The smallest absolute Gasteiger partial charge is 0.220 e. The summed E-state index contributed by atoms with van der Waals surface area (Å²) >= 11 is 3.75. The number of carbonyl (C=O) groups excluding carboxylic acids is 1. The van der Waals surface area contributed by atoms with Crippen LogP contribution in [0.1, 0.15) is 84.0 Å². The zero-order chi connectivity index (χ0) is 14.6. The lowest BCUT2D eigenvalue weighted by Gasteiger charge is -2.27. The topological polar surface area (TPSA) is 29.1 Å². The van der Waals surface area contributed by atoms with E-state index in [1.807, 2.05) is 0 Å². The second-order valence-electron chi connectivity index (χ2n) is 6.24. The fraction of sp³-hybridized carbons (Fsp3) is 0.941. The van der Waals surface area contributed by atoms with Crippen LogP contribution in [0.4, 0.5) is 0 Å². The molecule has 0 aliphatic heterocycles. The first-order valence-electron chi connectivity index (χ1n) is 8.64. The van der Waals surface area contributed by atoms with Crippen LogP contribution in [0.15, 0.2) is 0 Å². The molecule has 0 heterocycles. The number of unbranched alkanes of at least 4 members (excludes halogenated alkanes) is 6. The number of amides is 1. The lowest BCUT2D eigenvalue weighted by molar-refractivity contribution is -0.121. The van der Waals surface area contributed by atoms with Gasteiger partial charge in [-0.1, -0.05) is 74.2 Å². The summed E-state index contributed by atoms with van der Waals surface area (Å²) in [5, 5.41) is 3.13. The molecule has 20 heavy (non-hydrogen) atoms. The van der Waals surface area contributed by atoms with Crippen LogP contribution in [-0.2, 0) is 4.79 Å². The molecule has 1 aliphatic carbocycles. The highest BCUT2D eigenvalue weighted by Gasteiger charge is 2.22. The van der Waals surface area contributed by atoms with Gasteiger partial charge >= 0.3 is 0 Å². The lowest BCUT2D eigenvalue weighted by atomic mass is 9.89. The molecule has 1 amide bonds. The van der Waals surface area contributed by atoms with Crippen molar-refractivity contribution >= 4 is 21.8 Å². The minimum Gasteiger partial charge on any atom is -0.356 e. The first-order valence-corrected chi connectivity index (χ1v) is 9.56. The van der Waals surface area contributed by atoms with Crippen molar-refractivity contribution in [3.05, 3.63) is 0 Å². The number of halogens is 1. The Balaban J connectivity index is 1.94. The third-order valence-electron chi connectivity index (χ3n) is 4.39. The first kappa shape index (κ1) is 18.0. The molecule has 2 unspecified atom stereocenters. The highest BCUT2D eigenvalue weighted by molar-refractivity contribution is 9.09. The fourth-order valence-corrected chi connectivity index (χ4v) is 3.74. The van der Waals surface area contributed by atoms with Crippen molar-refractivity contribution in [2.75, 3.05) is 6.54 Å². The van der Waals surface area contributed by atoms with E-state index in [9.17, 15) is 4.79 Å². The SMILES string of the molecule is CCCCCCCCCC(=O)NCC1CCCCC1Br. The molecule has 1 N–H and O–H groups in total. The van der Waals surface area contributed by atoms with E-state index in [1.165, 1.54) is 64.2 Å². The van der Waals surface area contributed by atoms with Gasteiger partial charge in [0.25, 0.3) is 0 Å². The van der Waals surface area contributed by atoms with Crippen LogP contribution in [0.3, 0.4) is 0 Å². The largest absolute Gasteiger partial charge is 0.356 e. The molecule has 1 saturated carbocycles. The normalized spacial score (nSPS) is 22.7. The maximum absolute atomic E-state index is 11.8. The third kappa shape index (κ3) is 8.28. The van der Waals surface area contributed by atoms with Gasteiger partial charge in [-0.3, -0.25) is 4.79 Å². The Morgan fingerprint density at radius 2 is 1.70 bits per heavy atom. The van der Waals surface area contributed by atoms with E-state index in [4.69, 9.17) is 0 Å². The molecule has 3 heteroatoms. The second-order valence-corrected chi connectivity index (χ2v) is 7.41. The number of nitrogens with one attached hydrogen (secondary N) is 1. The summed E-state index contributed by atoms with van der Waals surface area (Å²) in [5.74, 6) is 0.894. The quantitative estimate of drug-likeness (QED) is 0.428. The lowest BCUT2D eigenvalue weighted by Crippen LogP contribution is -2.34. The highest BCUT2D eigenvalue weighted by atomic mass is 79.9. The minimum atomic E-state index is 0.254. The molecule has 118 valence electrons. The minimum absolute atomic E-state index is 0.254. The molecule has 1 aliphatic rings. The van der Waals surface area contributed by atoms with E-state index in [-0.39, 0.29) is 5.91 Å². The van der Waals surface area contributed by atoms with Crippen LogP contribution in [-0.4, -0.2) is 17.3 Å². The molecule has 1 rings (SSSR count). The Morgan fingerprint density at radius 1 is 1.05 bits per heavy atom. The summed E-state index contributed by atoms with van der Waals surface area (Å²) in [7, 11) is 0. The maximum atomic E-state index is 11.8. The molecular formula is C17H32BrNO. The summed E-state index contributed by atoms with van der Waals surface area (Å²) < 4.78 is 0. The van der Waals surface area contributed by atoms with Crippen LogP contribution in [0.2, 0.25) is 0 Å². The average Bonchev–Trinajstić information content (AvgIpc) is 2.45. The van der Waals surface area contributed by atoms with Crippen LogP contribution < -0.4 is 5.32 Å². The van der Waals surface area contributed by atoms with Crippen molar-refractivity contribution < 1.29 is 4.79 Å². The highest BCUT2D eigenvalue weighted by Crippen LogP contribution is 2.29. The fourth-order valence-electron chi connectivity index (χ4n) is 2.97. The molecule has 0 aromatic carbocycles. The molecule has 0 spiro atoms. The summed E-state index contributed by atoms with van der Waals surface area (Å²) in [6.07, 6.45) is 14.8. The van der Waals surface area contributed by atoms with E-state index >= 15 is 0 Å². The molecule has 2 nitrogen and oxygen atoms in total. The van der Waals surface area contributed by atoms with Crippen LogP contribution >= 0.6 is 15.9 Å². The molecule has 0 aromatic rings. The van der Waals surface area contributed by atoms with E-state index in [0.717, 1.165) is 13.0 Å². The van der Waals surface area contributed by atoms with Crippen LogP contribution in [0, 0.1) is 5.92 Å². The number of alkyl halides is 1. The Labute approximate surface area is 133 Å². The van der Waals surface area contributed by atoms with Gasteiger partial charge in [0.15, 0.2) is 0 Å². The molecular weight excluding hydrogens is 314 g/mol. The van der Waals surface area contributed by atoms with Gasteiger partial charge in [0, 0.05) is 17.8 Å². The number of hydrogen-bond donors (Lipinski definition) is 1. The third-order valence-corrected chi connectivity index (χ3v) is 5.59. The van der Waals surface area contributed by atoms with Crippen molar-refractivity contribution in [1.29, 1.82) is 0 Å². The molecule has 0 aromatic heterocycles. The van der Waals surface area contributed by atoms with Crippen molar-refractivity contribution in [1.82, 2.24) is 5.32 Å². The molecule has 0 saturated heterocycles. The Hall–Kier alpha value is -0.0500. The summed E-state index contributed by atoms with van der Waals surface area (Å²) in [6, 6.07) is 0. The molecule has 0 bridgehead atoms. The van der Waals surface area contributed by atoms with Crippen molar-refractivity contribution in [2.24, 2.45) is 5.92 Å². The zero-order valence-electron chi connectivity index (χ0n) is 13.1. The van der Waals surface area contributed by atoms with E-state index in [0.29, 0.717) is 17.2 Å². The zero-order valence-corrected chi connectivity index (χ0v) is 14.7. The first-order chi connectivity index (χ1) is 9.74. The van der Waals surface area contributed by atoms with Crippen LogP contribution in [0.25, 0.3) is 0 Å². The van der Waals surface area contributed by atoms with E-state index in [1.54, 1.807) is 0 Å². The summed E-state index contributed by atoms with van der Waals surface area (Å²) in [4.78, 5) is 12.4. The Bertz CT molecular complexity index is 257. The molecule has 1 fully saturated rings. The van der Waals surface area contributed by atoms with Gasteiger partial charge in [-0.25, -0.2) is 0 Å². The van der Waals surface area contributed by atoms with E-state index in [2.05, 4.69) is 28.2 Å². The van der Waals surface area contributed by atoms with Crippen molar-refractivity contribution in [3.8, 4) is 0 Å². The summed E-state index contributed by atoms with van der Waals surface area (Å²) in [6.45, 7) is 3.11. The van der Waals surface area contributed by atoms with Gasteiger partial charge in [-0.2, -0.15) is 0 Å². The predicted molar refractivity (Wildman–Crippen MR) is 90.3 cm³/mol. The predicted octanol–water partition coefficient (Wildman–Crippen LogP) is 5.20. The Kier molecular flexibility index (Phi) is 10.4.